The monoisotopic (exact) mass is 400 g/mol. The molecular weight excluding hydrogens is 368 g/mol. The van der Waals surface area contributed by atoms with Crippen LogP contribution in [0.2, 0.25) is 0 Å². The average Bonchev–Trinajstić information content (AvgIpc) is 2.79. The minimum Gasteiger partial charge on any atom is -0.494 e. The maximum absolute atomic E-state index is 9.91. The Labute approximate surface area is 181 Å². The summed E-state index contributed by atoms with van der Waals surface area (Å²) in [5.41, 5.74) is 3.91. The number of ether oxygens (including phenoxy) is 1. The first kappa shape index (κ1) is 21.9. The lowest BCUT2D eigenvalue weighted by molar-refractivity contribution is 0.308. The van der Waals surface area contributed by atoms with Crippen LogP contribution in [-0.4, -0.2) is 6.61 Å². The van der Waals surface area contributed by atoms with Gasteiger partial charge in [0.2, 0.25) is 0 Å². The number of unbranched alkanes of at least 4 members (excludes halogenated alkanes) is 1. The highest BCUT2D eigenvalue weighted by molar-refractivity contribution is 5.75. The molecule has 2 aromatic rings. The van der Waals surface area contributed by atoms with E-state index < -0.39 is 0 Å². The predicted molar refractivity (Wildman–Crippen MR) is 121 cm³/mol. The van der Waals surface area contributed by atoms with Gasteiger partial charge in [0.1, 0.15) is 17.9 Å². The third-order valence-corrected chi connectivity index (χ3v) is 6.38. The van der Waals surface area contributed by atoms with E-state index in [1.807, 2.05) is 30.3 Å². The predicted octanol–water partition coefficient (Wildman–Crippen LogP) is 7.35. The highest BCUT2D eigenvalue weighted by Crippen LogP contribution is 2.40. The van der Waals surface area contributed by atoms with E-state index in [-0.39, 0.29) is 0 Å². The molecule has 0 heterocycles. The Hall–Kier alpha value is -2.78. The van der Waals surface area contributed by atoms with Gasteiger partial charge in [0.05, 0.1) is 17.7 Å². The van der Waals surface area contributed by atoms with Crippen molar-refractivity contribution in [3.05, 3.63) is 53.1 Å². The zero-order valence-corrected chi connectivity index (χ0v) is 18.3. The summed E-state index contributed by atoms with van der Waals surface area (Å²) in [7, 11) is 0. The molecule has 0 spiro atoms. The fourth-order valence-electron chi connectivity index (χ4n) is 4.67. The zero-order chi connectivity index (χ0) is 21.3. The van der Waals surface area contributed by atoms with E-state index in [0.717, 1.165) is 54.0 Å². The van der Waals surface area contributed by atoms with Crippen LogP contribution in [0.3, 0.4) is 0 Å². The lowest BCUT2D eigenvalue weighted by Crippen LogP contribution is -2.14. The summed E-state index contributed by atoms with van der Waals surface area (Å²) < 4.78 is 5.75. The van der Waals surface area contributed by atoms with Crippen molar-refractivity contribution in [3.8, 4) is 29.0 Å². The molecule has 1 saturated carbocycles. The van der Waals surface area contributed by atoms with Crippen molar-refractivity contribution in [3.63, 3.8) is 0 Å². The Morgan fingerprint density at radius 1 is 0.867 bits per heavy atom. The van der Waals surface area contributed by atoms with Gasteiger partial charge in [-0.15, -0.1) is 0 Å². The third kappa shape index (κ3) is 5.03. The summed E-state index contributed by atoms with van der Waals surface area (Å²) >= 11 is 0. The normalized spacial score (nSPS) is 18.4. The van der Waals surface area contributed by atoms with Crippen LogP contribution >= 0.6 is 0 Å². The Bertz CT molecular complexity index is 910. The first-order chi connectivity index (χ1) is 14.7. The van der Waals surface area contributed by atoms with E-state index in [0.29, 0.717) is 23.7 Å². The number of nitrogens with zero attached hydrogens (tertiary/aromatic N) is 2. The lowest BCUT2D eigenvalue weighted by Gasteiger charge is -2.29. The Balaban J connectivity index is 1.84. The van der Waals surface area contributed by atoms with Crippen molar-refractivity contribution in [2.75, 3.05) is 6.61 Å². The largest absolute Gasteiger partial charge is 0.494 e. The SMILES string of the molecule is CCCCOc1ccc(-c2ccc(C3CCC(CCC)CC3)c(C#N)c2C#N)cc1. The van der Waals surface area contributed by atoms with Crippen LogP contribution in [0.4, 0.5) is 0 Å². The van der Waals surface area contributed by atoms with Crippen LogP contribution in [0, 0.1) is 28.6 Å². The van der Waals surface area contributed by atoms with Gasteiger partial charge in [-0.2, -0.15) is 10.5 Å². The molecule has 3 nitrogen and oxygen atoms in total. The average molecular weight is 401 g/mol. The topological polar surface area (TPSA) is 56.8 Å². The lowest BCUT2D eigenvalue weighted by atomic mass is 9.75. The molecule has 0 unspecified atom stereocenters. The van der Waals surface area contributed by atoms with E-state index in [2.05, 4.69) is 32.1 Å². The molecule has 1 aliphatic rings. The molecule has 1 aliphatic carbocycles. The molecule has 1 fully saturated rings. The number of hydrogen-bond acceptors (Lipinski definition) is 3. The molecule has 0 radical (unpaired) electrons. The maximum atomic E-state index is 9.91. The van der Waals surface area contributed by atoms with Gasteiger partial charge in [0.15, 0.2) is 0 Å². The van der Waals surface area contributed by atoms with Gasteiger partial charge in [0, 0.05) is 5.56 Å². The molecule has 0 bridgehead atoms. The smallest absolute Gasteiger partial charge is 0.119 e. The highest BCUT2D eigenvalue weighted by atomic mass is 16.5. The molecule has 2 aromatic carbocycles. The second-order valence-corrected chi connectivity index (χ2v) is 8.41. The van der Waals surface area contributed by atoms with Crippen LogP contribution in [0.1, 0.15) is 87.8 Å². The molecular formula is C27H32N2O. The van der Waals surface area contributed by atoms with Crippen LogP contribution in [0.15, 0.2) is 36.4 Å². The number of rotatable bonds is 8. The summed E-state index contributed by atoms with van der Waals surface area (Å²) in [5.74, 6) is 2.06. The van der Waals surface area contributed by atoms with Crippen LogP contribution in [-0.2, 0) is 0 Å². The summed E-state index contributed by atoms with van der Waals surface area (Å²) in [4.78, 5) is 0. The number of nitriles is 2. The molecule has 0 aliphatic heterocycles. The minimum absolute atomic E-state index is 0.392. The van der Waals surface area contributed by atoms with Crippen LogP contribution in [0.5, 0.6) is 5.75 Å². The fourth-order valence-corrected chi connectivity index (χ4v) is 4.67. The molecule has 0 amide bonds. The Morgan fingerprint density at radius 2 is 1.57 bits per heavy atom. The quantitative estimate of drug-likeness (QED) is 0.435. The Kier molecular flexibility index (Phi) is 7.92. The maximum Gasteiger partial charge on any atom is 0.119 e. The molecule has 3 rings (SSSR count). The van der Waals surface area contributed by atoms with Crippen molar-refractivity contribution in [2.24, 2.45) is 5.92 Å². The van der Waals surface area contributed by atoms with Crippen LogP contribution < -0.4 is 4.74 Å². The van der Waals surface area contributed by atoms with E-state index in [1.54, 1.807) is 0 Å². The molecule has 0 N–H and O–H groups in total. The molecule has 3 heteroatoms. The minimum atomic E-state index is 0.392. The zero-order valence-electron chi connectivity index (χ0n) is 18.3. The van der Waals surface area contributed by atoms with E-state index in [1.165, 1.54) is 25.7 Å². The Morgan fingerprint density at radius 3 is 2.17 bits per heavy atom. The van der Waals surface area contributed by atoms with Gasteiger partial charge in [0.25, 0.3) is 0 Å². The van der Waals surface area contributed by atoms with Crippen molar-refractivity contribution in [1.29, 1.82) is 10.5 Å². The molecule has 30 heavy (non-hydrogen) atoms. The van der Waals surface area contributed by atoms with Gasteiger partial charge in [-0.1, -0.05) is 57.4 Å². The summed E-state index contributed by atoms with van der Waals surface area (Å²) in [6.07, 6.45) is 9.38. The highest BCUT2D eigenvalue weighted by Gasteiger charge is 2.26. The number of hydrogen-bond donors (Lipinski definition) is 0. The van der Waals surface area contributed by atoms with Gasteiger partial charge in [-0.25, -0.2) is 0 Å². The van der Waals surface area contributed by atoms with Crippen molar-refractivity contribution in [2.45, 2.75) is 71.1 Å². The van der Waals surface area contributed by atoms with Crippen molar-refractivity contribution >= 4 is 0 Å². The van der Waals surface area contributed by atoms with Crippen LogP contribution in [0.25, 0.3) is 11.1 Å². The fraction of sp³-hybridized carbons (Fsp3) is 0.481. The van der Waals surface area contributed by atoms with Gasteiger partial charge in [-0.05, 0) is 67.2 Å². The molecule has 156 valence electrons. The van der Waals surface area contributed by atoms with Gasteiger partial charge < -0.3 is 4.74 Å². The summed E-state index contributed by atoms with van der Waals surface area (Å²) in [6, 6.07) is 16.7. The molecule has 0 aromatic heterocycles. The first-order valence-corrected chi connectivity index (χ1v) is 11.4. The summed E-state index contributed by atoms with van der Waals surface area (Å²) in [6.45, 7) is 5.11. The van der Waals surface area contributed by atoms with E-state index in [9.17, 15) is 10.5 Å². The molecule has 0 atom stereocenters. The van der Waals surface area contributed by atoms with Gasteiger partial charge >= 0.3 is 0 Å². The van der Waals surface area contributed by atoms with Gasteiger partial charge in [-0.3, -0.25) is 0 Å². The second kappa shape index (κ2) is 10.8. The third-order valence-electron chi connectivity index (χ3n) is 6.38. The second-order valence-electron chi connectivity index (χ2n) is 8.41. The van der Waals surface area contributed by atoms with Crippen molar-refractivity contribution < 1.29 is 4.74 Å². The molecule has 0 saturated heterocycles. The summed E-state index contributed by atoms with van der Waals surface area (Å²) in [5, 5.41) is 19.8. The van der Waals surface area contributed by atoms with E-state index in [4.69, 9.17) is 4.74 Å². The number of benzene rings is 2. The first-order valence-electron chi connectivity index (χ1n) is 11.4. The standard InChI is InChI=1S/C27H32N2O/c1-3-5-17-30-23-13-11-22(12-14-23)25-16-15-24(26(18-28)27(25)19-29)21-9-7-20(6-4-2)8-10-21/h11-16,20-21H,3-10,17H2,1-2H3. The van der Waals surface area contributed by atoms with Crippen molar-refractivity contribution in [1.82, 2.24) is 0 Å². The van der Waals surface area contributed by atoms with E-state index >= 15 is 0 Å².